The Bertz CT molecular complexity index is 1170. The number of nitrogens with zero attached hydrogens (tertiary/aromatic N) is 1. The molecule has 1 aliphatic heterocycles. The van der Waals surface area contributed by atoms with Gasteiger partial charge in [-0.3, -0.25) is 9.59 Å². The first-order chi connectivity index (χ1) is 14.9. The molecule has 0 atom stereocenters. The Hall–Kier alpha value is -3.81. The summed E-state index contributed by atoms with van der Waals surface area (Å²) in [5.74, 6) is -3.04. The lowest BCUT2D eigenvalue weighted by molar-refractivity contribution is -0.118. The second-order valence-electron chi connectivity index (χ2n) is 6.90. The van der Waals surface area contributed by atoms with E-state index in [9.17, 15) is 22.8 Å². The summed E-state index contributed by atoms with van der Waals surface area (Å²) in [4.78, 5) is 26.5. The summed E-state index contributed by atoms with van der Waals surface area (Å²) >= 11 is 0. The van der Waals surface area contributed by atoms with Gasteiger partial charge < -0.3 is 15.0 Å². The van der Waals surface area contributed by atoms with E-state index in [1.54, 1.807) is 18.2 Å². The Balaban J connectivity index is 1.50. The average molecular weight is 426 g/mol. The van der Waals surface area contributed by atoms with Gasteiger partial charge >= 0.3 is 0 Å². The molecule has 0 aliphatic carbocycles. The zero-order chi connectivity index (χ0) is 22.0. The average Bonchev–Trinajstić information content (AvgIpc) is 3.18. The van der Waals surface area contributed by atoms with Crippen LogP contribution in [-0.4, -0.2) is 25.0 Å². The van der Waals surface area contributed by atoms with Gasteiger partial charge in [-0.1, -0.05) is 24.3 Å². The van der Waals surface area contributed by atoms with Gasteiger partial charge in [0, 0.05) is 18.2 Å². The number of hydrogen-bond acceptors (Lipinski definition) is 3. The van der Waals surface area contributed by atoms with Crippen LogP contribution in [0.2, 0.25) is 0 Å². The van der Waals surface area contributed by atoms with Gasteiger partial charge in [-0.05, 0) is 36.8 Å². The molecule has 1 N–H and O–H groups in total. The number of rotatable bonds is 5. The SMILES string of the molecule is O=C(COc1ccccc1C(=O)N1CCc2c(F)cc(F)cc21)Nc1ccccc1F. The van der Waals surface area contributed by atoms with E-state index in [1.165, 1.54) is 35.2 Å². The summed E-state index contributed by atoms with van der Waals surface area (Å²) in [6.07, 6.45) is 0.265. The van der Waals surface area contributed by atoms with E-state index in [2.05, 4.69) is 5.32 Å². The van der Waals surface area contributed by atoms with Crippen molar-refractivity contribution in [3.05, 3.63) is 89.2 Å². The molecule has 0 aromatic heterocycles. The quantitative estimate of drug-likeness (QED) is 0.661. The van der Waals surface area contributed by atoms with E-state index in [4.69, 9.17) is 4.74 Å². The predicted molar refractivity (Wildman–Crippen MR) is 109 cm³/mol. The molecule has 1 aliphatic rings. The Morgan fingerprint density at radius 3 is 2.52 bits per heavy atom. The molecule has 31 heavy (non-hydrogen) atoms. The molecule has 0 radical (unpaired) electrons. The van der Waals surface area contributed by atoms with Crippen molar-refractivity contribution in [3.63, 3.8) is 0 Å². The fourth-order valence-corrected chi connectivity index (χ4v) is 3.44. The molecule has 0 fully saturated rings. The molecule has 0 saturated carbocycles. The van der Waals surface area contributed by atoms with Crippen molar-refractivity contribution < 1.29 is 27.5 Å². The third-order valence-corrected chi connectivity index (χ3v) is 4.88. The van der Waals surface area contributed by atoms with Crippen molar-refractivity contribution >= 4 is 23.2 Å². The lowest BCUT2D eigenvalue weighted by atomic mass is 10.1. The first-order valence-corrected chi connectivity index (χ1v) is 9.50. The number of fused-ring (bicyclic) bond motifs is 1. The van der Waals surface area contributed by atoms with Crippen molar-refractivity contribution in [1.29, 1.82) is 0 Å². The van der Waals surface area contributed by atoms with Crippen molar-refractivity contribution in [1.82, 2.24) is 0 Å². The Morgan fingerprint density at radius 2 is 1.71 bits per heavy atom. The number of ether oxygens (including phenoxy) is 1. The largest absolute Gasteiger partial charge is 0.483 e. The number of benzene rings is 3. The van der Waals surface area contributed by atoms with Crippen LogP contribution in [0.15, 0.2) is 60.7 Å². The first-order valence-electron chi connectivity index (χ1n) is 9.50. The van der Waals surface area contributed by atoms with E-state index >= 15 is 0 Å². The molecule has 8 heteroatoms. The molecule has 158 valence electrons. The summed E-state index contributed by atoms with van der Waals surface area (Å²) in [5.41, 5.74) is 0.601. The summed E-state index contributed by atoms with van der Waals surface area (Å²) in [6.45, 7) is -0.269. The van der Waals surface area contributed by atoms with Crippen LogP contribution in [0, 0.1) is 17.5 Å². The Morgan fingerprint density at radius 1 is 0.968 bits per heavy atom. The van der Waals surface area contributed by atoms with Gasteiger partial charge in [-0.15, -0.1) is 0 Å². The van der Waals surface area contributed by atoms with Gasteiger partial charge in [-0.2, -0.15) is 0 Å². The highest BCUT2D eigenvalue weighted by Crippen LogP contribution is 2.33. The highest BCUT2D eigenvalue weighted by molar-refractivity contribution is 6.09. The lowest BCUT2D eigenvalue weighted by Gasteiger charge is -2.19. The lowest BCUT2D eigenvalue weighted by Crippen LogP contribution is -2.30. The number of halogens is 3. The van der Waals surface area contributed by atoms with Crippen LogP contribution >= 0.6 is 0 Å². The number of para-hydroxylation sites is 2. The van der Waals surface area contributed by atoms with Crippen LogP contribution in [0.3, 0.4) is 0 Å². The molecule has 3 aromatic carbocycles. The van der Waals surface area contributed by atoms with Crippen LogP contribution in [0.5, 0.6) is 5.75 Å². The summed E-state index contributed by atoms with van der Waals surface area (Å²) in [5, 5.41) is 2.39. The number of carbonyl (C=O) groups is 2. The van der Waals surface area contributed by atoms with Gasteiger partial charge in [0.25, 0.3) is 11.8 Å². The normalized spacial score (nSPS) is 12.4. The Kier molecular flexibility index (Phi) is 5.62. The third-order valence-electron chi connectivity index (χ3n) is 4.88. The summed E-state index contributed by atoms with van der Waals surface area (Å²) < 4.78 is 46.9. The second kappa shape index (κ2) is 8.51. The zero-order valence-electron chi connectivity index (χ0n) is 16.2. The zero-order valence-corrected chi connectivity index (χ0v) is 16.2. The molecule has 3 aromatic rings. The van der Waals surface area contributed by atoms with Gasteiger partial charge in [0.05, 0.1) is 16.9 Å². The first kappa shape index (κ1) is 20.5. The van der Waals surface area contributed by atoms with Crippen LogP contribution in [0.1, 0.15) is 15.9 Å². The standard InChI is InChI=1S/C23H17F3N2O3/c24-14-11-18(26)15-9-10-28(20(15)12-14)23(30)16-5-1-4-8-21(16)31-13-22(29)27-19-7-3-2-6-17(19)25/h1-8,11-12H,9-10,13H2,(H,27,29). The maximum atomic E-state index is 14.0. The van der Waals surface area contributed by atoms with Crippen molar-refractivity contribution in [2.75, 3.05) is 23.4 Å². The number of nitrogens with one attached hydrogen (secondary N) is 1. The van der Waals surface area contributed by atoms with Crippen LogP contribution in [-0.2, 0) is 11.2 Å². The molecule has 5 nitrogen and oxygen atoms in total. The molecule has 4 rings (SSSR count). The fourth-order valence-electron chi connectivity index (χ4n) is 3.44. The van der Waals surface area contributed by atoms with Crippen LogP contribution < -0.4 is 15.0 Å². The molecule has 0 saturated heterocycles. The van der Waals surface area contributed by atoms with Gasteiger partial charge in [0.2, 0.25) is 0 Å². The molecular weight excluding hydrogens is 409 g/mol. The highest BCUT2D eigenvalue weighted by Gasteiger charge is 2.30. The minimum atomic E-state index is -0.773. The van der Waals surface area contributed by atoms with Crippen LogP contribution in [0.4, 0.5) is 24.5 Å². The molecule has 2 amide bonds. The van der Waals surface area contributed by atoms with E-state index in [1.807, 2.05) is 0 Å². The highest BCUT2D eigenvalue weighted by atomic mass is 19.1. The maximum absolute atomic E-state index is 14.0. The molecule has 0 bridgehead atoms. The minimum absolute atomic E-state index is 0.0122. The molecule has 0 unspecified atom stereocenters. The minimum Gasteiger partial charge on any atom is -0.483 e. The van der Waals surface area contributed by atoms with Gasteiger partial charge in [0.15, 0.2) is 6.61 Å². The summed E-state index contributed by atoms with van der Waals surface area (Å²) in [6, 6.07) is 13.8. The topological polar surface area (TPSA) is 58.6 Å². The third kappa shape index (κ3) is 4.23. The molecule has 1 heterocycles. The van der Waals surface area contributed by atoms with Crippen molar-refractivity contribution in [2.45, 2.75) is 6.42 Å². The van der Waals surface area contributed by atoms with E-state index in [0.717, 1.165) is 12.1 Å². The number of anilines is 2. The second-order valence-corrected chi connectivity index (χ2v) is 6.90. The fraction of sp³-hybridized carbons (Fsp3) is 0.130. The van der Waals surface area contributed by atoms with E-state index in [-0.39, 0.29) is 41.2 Å². The monoisotopic (exact) mass is 426 g/mol. The Labute approximate surface area is 176 Å². The van der Waals surface area contributed by atoms with E-state index in [0.29, 0.717) is 0 Å². The predicted octanol–water partition coefficient (Wildman–Crippen LogP) is 4.32. The number of carbonyl (C=O) groups excluding carboxylic acids is 2. The number of hydrogen-bond donors (Lipinski definition) is 1. The maximum Gasteiger partial charge on any atom is 0.262 e. The van der Waals surface area contributed by atoms with Crippen LogP contribution in [0.25, 0.3) is 0 Å². The van der Waals surface area contributed by atoms with Crippen molar-refractivity contribution in [3.8, 4) is 5.75 Å². The van der Waals surface area contributed by atoms with Gasteiger partial charge in [0.1, 0.15) is 23.2 Å². The molecular formula is C23H17F3N2O3. The molecule has 0 spiro atoms. The van der Waals surface area contributed by atoms with E-state index < -0.39 is 35.9 Å². The smallest absolute Gasteiger partial charge is 0.262 e. The summed E-state index contributed by atoms with van der Waals surface area (Å²) in [7, 11) is 0. The number of amides is 2. The van der Waals surface area contributed by atoms with Crippen molar-refractivity contribution in [2.24, 2.45) is 0 Å². The van der Waals surface area contributed by atoms with Gasteiger partial charge in [-0.25, -0.2) is 13.2 Å².